The summed E-state index contributed by atoms with van der Waals surface area (Å²) in [6, 6.07) is 0. The standard InChI is InChI=1S/C18H30N2/c1-15-3-9-17(10-4-15,11-5-15)19-20-18-12-6-16(2,7-13-18)8-14-18/h3-14H2,1-2H3. The molecule has 6 rings (SSSR count). The second-order valence-electron chi connectivity index (χ2n) is 9.27. The molecule has 0 radical (unpaired) electrons. The van der Waals surface area contributed by atoms with Crippen LogP contribution >= 0.6 is 0 Å². The quantitative estimate of drug-likeness (QED) is 0.580. The summed E-state index contributed by atoms with van der Waals surface area (Å²) in [4.78, 5) is 0. The van der Waals surface area contributed by atoms with Gasteiger partial charge in [0.1, 0.15) is 0 Å². The third kappa shape index (κ3) is 2.05. The fourth-order valence-corrected chi connectivity index (χ4v) is 5.22. The van der Waals surface area contributed by atoms with Gasteiger partial charge in [-0.05, 0) is 87.9 Å². The van der Waals surface area contributed by atoms with Crippen LogP contribution in [0.25, 0.3) is 0 Å². The highest BCUT2D eigenvalue weighted by Crippen LogP contribution is 2.56. The van der Waals surface area contributed by atoms with Crippen molar-refractivity contribution >= 4 is 0 Å². The predicted molar refractivity (Wildman–Crippen MR) is 81.9 cm³/mol. The zero-order chi connectivity index (χ0) is 13.9. The lowest BCUT2D eigenvalue weighted by Gasteiger charge is -2.51. The number of fused-ring (bicyclic) bond motifs is 6. The summed E-state index contributed by atoms with van der Waals surface area (Å²) in [5.41, 5.74) is 1.80. The van der Waals surface area contributed by atoms with Crippen molar-refractivity contribution in [1.82, 2.24) is 0 Å². The number of hydrogen-bond donors (Lipinski definition) is 0. The number of azo groups is 1. The van der Waals surface area contributed by atoms with Crippen molar-refractivity contribution in [3.63, 3.8) is 0 Å². The molecule has 6 aliphatic carbocycles. The van der Waals surface area contributed by atoms with E-state index in [-0.39, 0.29) is 11.1 Å². The molecule has 0 aromatic rings. The highest BCUT2D eigenvalue weighted by atomic mass is 15.2. The molecule has 112 valence electrons. The largest absolute Gasteiger partial charge is 0.187 e. The Morgan fingerprint density at radius 2 is 0.700 bits per heavy atom. The molecular weight excluding hydrogens is 244 g/mol. The Balaban J connectivity index is 1.49. The van der Waals surface area contributed by atoms with Crippen LogP contribution in [0.4, 0.5) is 0 Å². The first-order valence-electron chi connectivity index (χ1n) is 8.89. The van der Waals surface area contributed by atoms with Crippen molar-refractivity contribution in [1.29, 1.82) is 0 Å². The fraction of sp³-hybridized carbons (Fsp3) is 1.00. The van der Waals surface area contributed by atoms with E-state index in [0.29, 0.717) is 10.8 Å². The molecule has 0 aromatic heterocycles. The molecule has 20 heavy (non-hydrogen) atoms. The van der Waals surface area contributed by atoms with Gasteiger partial charge in [0.2, 0.25) is 0 Å². The average molecular weight is 274 g/mol. The van der Waals surface area contributed by atoms with Crippen LogP contribution in [-0.2, 0) is 0 Å². The van der Waals surface area contributed by atoms with Gasteiger partial charge in [-0.2, -0.15) is 10.2 Å². The Hall–Kier alpha value is -0.400. The van der Waals surface area contributed by atoms with Crippen LogP contribution in [0.5, 0.6) is 0 Å². The summed E-state index contributed by atoms with van der Waals surface area (Å²) in [5, 5.41) is 10.1. The van der Waals surface area contributed by atoms with Crippen molar-refractivity contribution in [2.75, 3.05) is 0 Å². The molecule has 0 spiro atoms. The highest BCUT2D eigenvalue weighted by Gasteiger charge is 2.49. The maximum absolute atomic E-state index is 5.04. The second kappa shape index (κ2) is 4.08. The molecule has 0 heterocycles. The summed E-state index contributed by atoms with van der Waals surface area (Å²) in [6.07, 6.45) is 16.2. The van der Waals surface area contributed by atoms with E-state index in [4.69, 9.17) is 10.2 Å². The van der Waals surface area contributed by atoms with Gasteiger partial charge in [-0.1, -0.05) is 13.8 Å². The third-order valence-corrected chi connectivity index (χ3v) is 7.64. The van der Waals surface area contributed by atoms with Gasteiger partial charge in [0.15, 0.2) is 0 Å². The van der Waals surface area contributed by atoms with Crippen LogP contribution < -0.4 is 0 Å². The Bertz CT molecular complexity index is 348. The van der Waals surface area contributed by atoms with Gasteiger partial charge in [0, 0.05) is 0 Å². The van der Waals surface area contributed by atoms with Gasteiger partial charge >= 0.3 is 0 Å². The van der Waals surface area contributed by atoms with Gasteiger partial charge in [0.25, 0.3) is 0 Å². The second-order valence-corrected chi connectivity index (χ2v) is 9.27. The SMILES string of the molecule is CC12CCC(N=NC34CCC(C)(CC3)CC4)(CC1)CC2. The summed E-state index contributed by atoms with van der Waals surface area (Å²) in [7, 11) is 0. The van der Waals surface area contributed by atoms with E-state index in [9.17, 15) is 0 Å². The van der Waals surface area contributed by atoms with E-state index in [2.05, 4.69) is 13.8 Å². The van der Waals surface area contributed by atoms with Crippen LogP contribution in [0.2, 0.25) is 0 Å². The topological polar surface area (TPSA) is 24.7 Å². The monoisotopic (exact) mass is 274 g/mol. The Morgan fingerprint density at radius 1 is 0.450 bits per heavy atom. The summed E-state index contributed by atoms with van der Waals surface area (Å²) in [5.74, 6) is 0. The molecule has 0 aromatic carbocycles. The number of hydrogen-bond acceptors (Lipinski definition) is 2. The zero-order valence-electron chi connectivity index (χ0n) is 13.4. The van der Waals surface area contributed by atoms with Crippen molar-refractivity contribution in [3.05, 3.63) is 0 Å². The minimum absolute atomic E-state index is 0.255. The van der Waals surface area contributed by atoms with Gasteiger partial charge < -0.3 is 0 Å². The Labute approximate surface area is 123 Å². The molecule has 2 heteroatoms. The fourth-order valence-electron chi connectivity index (χ4n) is 5.22. The molecule has 0 aliphatic heterocycles. The first kappa shape index (κ1) is 13.3. The Morgan fingerprint density at radius 3 is 0.950 bits per heavy atom. The Kier molecular flexibility index (Phi) is 2.71. The summed E-state index contributed by atoms with van der Waals surface area (Å²) >= 11 is 0. The van der Waals surface area contributed by atoms with Crippen LogP contribution in [-0.4, -0.2) is 11.1 Å². The number of nitrogens with zero attached hydrogens (tertiary/aromatic N) is 2. The molecule has 6 saturated carbocycles. The average Bonchev–Trinajstić information content (AvgIpc) is 2.49. The molecule has 0 atom stereocenters. The summed E-state index contributed by atoms with van der Waals surface area (Å²) < 4.78 is 0. The predicted octanol–water partition coefficient (Wildman–Crippen LogP) is 5.66. The lowest BCUT2D eigenvalue weighted by molar-refractivity contribution is 0.0371. The van der Waals surface area contributed by atoms with Crippen LogP contribution in [0, 0.1) is 10.8 Å². The van der Waals surface area contributed by atoms with Crippen LogP contribution in [0.1, 0.15) is 90.9 Å². The van der Waals surface area contributed by atoms with E-state index in [0.717, 1.165) is 0 Å². The van der Waals surface area contributed by atoms with Crippen LogP contribution in [0.15, 0.2) is 10.2 Å². The lowest BCUT2D eigenvalue weighted by atomic mass is 9.58. The first-order chi connectivity index (χ1) is 9.45. The van der Waals surface area contributed by atoms with E-state index in [1.54, 1.807) is 0 Å². The molecule has 0 unspecified atom stereocenters. The molecule has 4 bridgehead atoms. The first-order valence-corrected chi connectivity index (χ1v) is 8.89. The molecule has 2 nitrogen and oxygen atoms in total. The molecule has 6 aliphatic rings. The zero-order valence-corrected chi connectivity index (χ0v) is 13.4. The lowest BCUT2D eigenvalue weighted by Crippen LogP contribution is -2.45. The molecule has 0 saturated heterocycles. The van der Waals surface area contributed by atoms with Gasteiger partial charge in [-0.25, -0.2) is 0 Å². The third-order valence-electron chi connectivity index (χ3n) is 7.64. The minimum Gasteiger partial charge on any atom is -0.187 e. The number of rotatable bonds is 2. The maximum Gasteiger partial charge on any atom is 0.0816 e. The smallest absolute Gasteiger partial charge is 0.0816 e. The van der Waals surface area contributed by atoms with Crippen molar-refractivity contribution < 1.29 is 0 Å². The van der Waals surface area contributed by atoms with Crippen molar-refractivity contribution in [2.24, 2.45) is 21.1 Å². The summed E-state index contributed by atoms with van der Waals surface area (Å²) in [6.45, 7) is 4.96. The molecule has 6 fully saturated rings. The molecular formula is C18H30N2. The van der Waals surface area contributed by atoms with E-state index in [1.807, 2.05) is 0 Å². The van der Waals surface area contributed by atoms with E-state index >= 15 is 0 Å². The maximum atomic E-state index is 5.04. The minimum atomic E-state index is 0.255. The van der Waals surface area contributed by atoms with Crippen LogP contribution in [0.3, 0.4) is 0 Å². The molecule has 0 N–H and O–H groups in total. The van der Waals surface area contributed by atoms with E-state index in [1.165, 1.54) is 77.0 Å². The molecule has 0 amide bonds. The van der Waals surface area contributed by atoms with Crippen molar-refractivity contribution in [3.8, 4) is 0 Å². The van der Waals surface area contributed by atoms with Crippen molar-refractivity contribution in [2.45, 2.75) is 102 Å². The highest BCUT2D eigenvalue weighted by molar-refractivity contribution is 5.05. The van der Waals surface area contributed by atoms with Gasteiger partial charge in [-0.15, -0.1) is 0 Å². The van der Waals surface area contributed by atoms with Gasteiger partial charge in [0.05, 0.1) is 11.1 Å². The van der Waals surface area contributed by atoms with E-state index < -0.39 is 0 Å². The normalized spacial score (nSPS) is 54.7. The van der Waals surface area contributed by atoms with Gasteiger partial charge in [-0.3, -0.25) is 0 Å².